The summed E-state index contributed by atoms with van der Waals surface area (Å²) in [7, 11) is 3.15. The summed E-state index contributed by atoms with van der Waals surface area (Å²) in [6.07, 6.45) is 1.69. The van der Waals surface area contributed by atoms with Crippen LogP contribution in [0.2, 0.25) is 0 Å². The average molecular weight is 444 g/mol. The number of thiazole rings is 2. The van der Waals surface area contributed by atoms with Crippen LogP contribution in [-0.2, 0) is 22.6 Å². The van der Waals surface area contributed by atoms with Crippen molar-refractivity contribution in [3.05, 3.63) is 63.0 Å². The Labute approximate surface area is 179 Å². The van der Waals surface area contributed by atoms with Crippen molar-refractivity contribution < 1.29 is 19.0 Å². The third kappa shape index (κ3) is 4.19. The number of fused-ring (bicyclic) bond motifs is 1. The van der Waals surface area contributed by atoms with Crippen molar-refractivity contribution in [2.75, 3.05) is 14.2 Å². The lowest BCUT2D eigenvalue weighted by Gasteiger charge is -2.08. The van der Waals surface area contributed by atoms with E-state index in [-0.39, 0.29) is 18.6 Å². The summed E-state index contributed by atoms with van der Waals surface area (Å²) < 4.78 is 17.3. The van der Waals surface area contributed by atoms with Gasteiger partial charge in [0.05, 0.1) is 32.0 Å². The maximum Gasteiger partial charge on any atom is 0.312 e. The van der Waals surface area contributed by atoms with E-state index in [9.17, 15) is 9.59 Å². The number of carbonyl (C=O) groups is 1. The number of hydrogen-bond donors (Lipinski definition) is 0. The molecule has 0 bridgehead atoms. The van der Waals surface area contributed by atoms with Crippen LogP contribution < -0.4 is 15.0 Å². The highest BCUT2D eigenvalue weighted by molar-refractivity contribution is 7.15. The maximum absolute atomic E-state index is 12.2. The Bertz CT molecular complexity index is 1260. The number of carbonyl (C=O) groups excluding carboxylic acids is 1. The second kappa shape index (κ2) is 8.64. The van der Waals surface area contributed by atoms with Gasteiger partial charge in [-0.05, 0) is 18.2 Å². The molecule has 4 aromatic rings. The zero-order valence-electron chi connectivity index (χ0n) is 16.2. The largest absolute Gasteiger partial charge is 0.493 e. The monoisotopic (exact) mass is 443 g/mol. The molecule has 4 rings (SSSR count). The Balaban J connectivity index is 1.40. The molecule has 0 radical (unpaired) electrons. The predicted octanol–water partition coefficient (Wildman–Crippen LogP) is 3.18. The Morgan fingerprint density at radius 3 is 2.70 bits per heavy atom. The molecule has 0 spiro atoms. The van der Waals surface area contributed by atoms with Gasteiger partial charge in [0.2, 0.25) is 0 Å². The molecule has 0 aliphatic carbocycles. The second-order valence-electron chi connectivity index (χ2n) is 6.19. The molecule has 0 aliphatic heterocycles. The Hall–Kier alpha value is -3.24. The van der Waals surface area contributed by atoms with Crippen molar-refractivity contribution in [1.82, 2.24) is 14.4 Å². The molecule has 0 unspecified atom stereocenters. The summed E-state index contributed by atoms with van der Waals surface area (Å²) in [6, 6.07) is 6.90. The minimum absolute atomic E-state index is 0.0318. The maximum atomic E-state index is 12.2. The minimum Gasteiger partial charge on any atom is -0.493 e. The van der Waals surface area contributed by atoms with Crippen LogP contribution in [0.3, 0.4) is 0 Å². The van der Waals surface area contributed by atoms with Crippen LogP contribution in [0.25, 0.3) is 15.5 Å². The Morgan fingerprint density at radius 2 is 1.90 bits per heavy atom. The van der Waals surface area contributed by atoms with E-state index < -0.39 is 5.97 Å². The van der Waals surface area contributed by atoms with Gasteiger partial charge < -0.3 is 14.2 Å². The van der Waals surface area contributed by atoms with Crippen molar-refractivity contribution in [3.8, 4) is 22.1 Å². The lowest BCUT2D eigenvalue weighted by molar-refractivity contribution is -0.144. The van der Waals surface area contributed by atoms with Gasteiger partial charge in [-0.3, -0.25) is 14.0 Å². The van der Waals surface area contributed by atoms with Gasteiger partial charge in [0.25, 0.3) is 5.56 Å². The summed E-state index contributed by atoms with van der Waals surface area (Å²) >= 11 is 2.77. The molecule has 0 N–H and O–H groups in total. The molecule has 8 nitrogen and oxygen atoms in total. The number of benzene rings is 1. The van der Waals surface area contributed by atoms with E-state index in [0.717, 1.165) is 10.6 Å². The number of rotatable bonds is 7. The van der Waals surface area contributed by atoms with Crippen LogP contribution in [0, 0.1) is 0 Å². The smallest absolute Gasteiger partial charge is 0.312 e. The molecule has 0 amide bonds. The van der Waals surface area contributed by atoms with Gasteiger partial charge in [-0.1, -0.05) is 0 Å². The third-order valence-electron chi connectivity index (χ3n) is 4.24. The summed E-state index contributed by atoms with van der Waals surface area (Å²) in [4.78, 5) is 33.6. The highest BCUT2D eigenvalue weighted by Crippen LogP contribution is 2.33. The van der Waals surface area contributed by atoms with Crippen molar-refractivity contribution in [1.29, 1.82) is 0 Å². The van der Waals surface area contributed by atoms with Gasteiger partial charge in [-0.15, -0.1) is 22.7 Å². The molecule has 0 saturated heterocycles. The Kier molecular flexibility index (Phi) is 5.77. The van der Waals surface area contributed by atoms with Crippen LogP contribution in [0.5, 0.6) is 11.5 Å². The predicted molar refractivity (Wildman–Crippen MR) is 113 cm³/mol. The van der Waals surface area contributed by atoms with Crippen LogP contribution in [-0.4, -0.2) is 34.6 Å². The molecule has 154 valence electrons. The summed E-state index contributed by atoms with van der Waals surface area (Å²) in [6.45, 7) is -0.0604. The standard InChI is InChI=1S/C20H17N3O5S2/c1-26-15-4-3-12(7-16(15)27-2)19-21-14(11-30-19)9-18(25)28-10-13-8-17(24)23-5-6-29-20(23)22-13/h3-8,11H,9-10H2,1-2H3. The Morgan fingerprint density at radius 1 is 1.07 bits per heavy atom. The molecule has 0 aliphatic rings. The molecule has 10 heteroatoms. The fourth-order valence-electron chi connectivity index (χ4n) is 2.81. The van der Waals surface area contributed by atoms with Crippen LogP contribution in [0.4, 0.5) is 0 Å². The van der Waals surface area contributed by atoms with Crippen molar-refractivity contribution in [2.24, 2.45) is 0 Å². The fourth-order valence-corrected chi connectivity index (χ4v) is 4.36. The van der Waals surface area contributed by atoms with Crippen LogP contribution >= 0.6 is 22.7 Å². The highest BCUT2D eigenvalue weighted by atomic mass is 32.1. The van der Waals surface area contributed by atoms with E-state index >= 15 is 0 Å². The van der Waals surface area contributed by atoms with E-state index in [1.165, 1.54) is 33.1 Å². The lowest BCUT2D eigenvalue weighted by atomic mass is 10.2. The van der Waals surface area contributed by atoms with Gasteiger partial charge in [-0.2, -0.15) is 0 Å². The molecular formula is C20H17N3O5S2. The molecular weight excluding hydrogens is 426 g/mol. The number of ether oxygens (including phenoxy) is 3. The summed E-state index contributed by atoms with van der Waals surface area (Å²) in [5, 5.41) is 4.35. The van der Waals surface area contributed by atoms with Crippen LogP contribution in [0.15, 0.2) is 46.0 Å². The van der Waals surface area contributed by atoms with Gasteiger partial charge in [0, 0.05) is 28.6 Å². The normalized spacial score (nSPS) is 10.9. The van der Waals surface area contributed by atoms with Gasteiger partial charge in [0.15, 0.2) is 16.5 Å². The molecule has 0 saturated carbocycles. The number of nitrogens with zero attached hydrogens (tertiary/aromatic N) is 3. The molecule has 0 fully saturated rings. The molecule has 3 heterocycles. The van der Waals surface area contributed by atoms with Gasteiger partial charge in [0.1, 0.15) is 11.6 Å². The number of aromatic nitrogens is 3. The molecule has 0 atom stereocenters. The second-order valence-corrected chi connectivity index (χ2v) is 7.92. The zero-order valence-corrected chi connectivity index (χ0v) is 17.8. The van der Waals surface area contributed by atoms with Gasteiger partial charge >= 0.3 is 5.97 Å². The third-order valence-corrected chi connectivity index (χ3v) is 5.94. The molecule has 30 heavy (non-hydrogen) atoms. The molecule has 3 aromatic heterocycles. The van der Waals surface area contributed by atoms with E-state index in [1.807, 2.05) is 23.6 Å². The number of hydrogen-bond acceptors (Lipinski definition) is 9. The van der Waals surface area contributed by atoms with Crippen LogP contribution in [0.1, 0.15) is 11.4 Å². The lowest BCUT2D eigenvalue weighted by Crippen LogP contribution is -2.15. The average Bonchev–Trinajstić information content (AvgIpc) is 3.41. The number of esters is 1. The molecule has 1 aromatic carbocycles. The van der Waals surface area contributed by atoms with E-state index in [0.29, 0.717) is 27.8 Å². The quantitative estimate of drug-likeness (QED) is 0.405. The van der Waals surface area contributed by atoms with Gasteiger partial charge in [-0.25, -0.2) is 9.97 Å². The van der Waals surface area contributed by atoms with Crippen molar-refractivity contribution in [2.45, 2.75) is 13.0 Å². The van der Waals surface area contributed by atoms with E-state index in [1.54, 1.807) is 25.8 Å². The summed E-state index contributed by atoms with van der Waals surface area (Å²) in [5.74, 6) is 0.806. The first kappa shape index (κ1) is 20.0. The minimum atomic E-state index is -0.438. The SMILES string of the molecule is COc1ccc(-c2nc(CC(=O)OCc3cc(=O)n4ccsc4n3)cs2)cc1OC. The first-order chi connectivity index (χ1) is 14.6. The topological polar surface area (TPSA) is 92.0 Å². The van der Waals surface area contributed by atoms with E-state index in [4.69, 9.17) is 14.2 Å². The first-order valence-corrected chi connectivity index (χ1v) is 10.6. The van der Waals surface area contributed by atoms with Crippen molar-refractivity contribution in [3.63, 3.8) is 0 Å². The summed E-state index contributed by atoms with van der Waals surface area (Å²) in [5.41, 5.74) is 1.69. The van der Waals surface area contributed by atoms with E-state index in [2.05, 4.69) is 9.97 Å². The zero-order chi connectivity index (χ0) is 21.1. The van der Waals surface area contributed by atoms with Crippen molar-refractivity contribution >= 4 is 33.6 Å². The fraction of sp³-hybridized carbons (Fsp3) is 0.200. The first-order valence-electron chi connectivity index (χ1n) is 8.85. The highest BCUT2D eigenvalue weighted by Gasteiger charge is 2.13. The number of methoxy groups -OCH3 is 2.